The molecule has 0 bridgehead atoms. The van der Waals surface area contributed by atoms with E-state index in [1.54, 1.807) is 42.5 Å². The number of carbonyl (C=O) groups is 3. The molecular weight excluding hydrogens is 374 g/mol. The van der Waals surface area contributed by atoms with Crippen molar-refractivity contribution in [1.82, 2.24) is 16.2 Å². The number of halogens is 1. The van der Waals surface area contributed by atoms with Gasteiger partial charge >= 0.3 is 0 Å². The van der Waals surface area contributed by atoms with E-state index in [-0.39, 0.29) is 12.5 Å². The number of amides is 3. The normalized spacial score (nSPS) is 9.92. The molecule has 0 aromatic heterocycles. The summed E-state index contributed by atoms with van der Waals surface area (Å²) >= 11 is 3.27. The van der Waals surface area contributed by atoms with Gasteiger partial charge in [0.1, 0.15) is 0 Å². The van der Waals surface area contributed by atoms with Crippen LogP contribution in [0.3, 0.4) is 0 Å². The van der Waals surface area contributed by atoms with E-state index in [0.717, 1.165) is 10.0 Å². The minimum atomic E-state index is -0.526. The van der Waals surface area contributed by atoms with E-state index in [1.807, 2.05) is 13.0 Å². The minimum absolute atomic E-state index is 0.243. The Labute approximate surface area is 147 Å². The van der Waals surface area contributed by atoms with Gasteiger partial charge in [0.05, 0.1) is 6.54 Å². The van der Waals surface area contributed by atoms with Crippen LogP contribution in [0.1, 0.15) is 26.3 Å². The van der Waals surface area contributed by atoms with Gasteiger partial charge in [-0.2, -0.15) is 0 Å². The van der Waals surface area contributed by atoms with Crippen LogP contribution >= 0.6 is 15.9 Å². The van der Waals surface area contributed by atoms with Gasteiger partial charge in [0, 0.05) is 15.6 Å². The van der Waals surface area contributed by atoms with E-state index in [2.05, 4.69) is 32.1 Å². The van der Waals surface area contributed by atoms with Crippen LogP contribution in [-0.4, -0.2) is 24.3 Å². The highest BCUT2D eigenvalue weighted by Crippen LogP contribution is 2.10. The molecule has 0 spiro atoms. The summed E-state index contributed by atoms with van der Waals surface area (Å²) in [6.45, 7) is 1.63. The molecule has 0 aliphatic carbocycles. The van der Waals surface area contributed by atoms with Crippen molar-refractivity contribution in [2.24, 2.45) is 0 Å². The molecule has 2 aromatic carbocycles. The summed E-state index contributed by atoms with van der Waals surface area (Å²) in [6, 6.07) is 13.7. The van der Waals surface area contributed by atoms with Crippen LogP contribution in [0.4, 0.5) is 0 Å². The Morgan fingerprint density at radius 2 is 1.62 bits per heavy atom. The third kappa shape index (κ3) is 5.20. The lowest BCUT2D eigenvalue weighted by molar-refractivity contribution is -0.120. The number of hydrogen-bond donors (Lipinski definition) is 3. The molecule has 124 valence electrons. The lowest BCUT2D eigenvalue weighted by Crippen LogP contribution is -2.46. The second-order valence-electron chi connectivity index (χ2n) is 5.06. The van der Waals surface area contributed by atoms with Gasteiger partial charge in [-0.15, -0.1) is 0 Å². The fourth-order valence-corrected chi connectivity index (χ4v) is 2.16. The van der Waals surface area contributed by atoms with Crippen molar-refractivity contribution in [2.75, 3.05) is 6.54 Å². The topological polar surface area (TPSA) is 87.3 Å². The van der Waals surface area contributed by atoms with Crippen molar-refractivity contribution in [3.63, 3.8) is 0 Å². The summed E-state index contributed by atoms with van der Waals surface area (Å²) in [5.74, 6) is -1.32. The van der Waals surface area contributed by atoms with Crippen molar-refractivity contribution < 1.29 is 14.4 Å². The molecule has 0 aliphatic rings. The van der Waals surface area contributed by atoms with Gasteiger partial charge in [0.25, 0.3) is 17.7 Å². The Morgan fingerprint density at radius 1 is 0.917 bits per heavy atom. The zero-order chi connectivity index (χ0) is 17.5. The maximum atomic E-state index is 11.9. The lowest BCUT2D eigenvalue weighted by atomic mass is 10.1. The second-order valence-corrected chi connectivity index (χ2v) is 5.98. The highest BCUT2D eigenvalue weighted by atomic mass is 79.9. The van der Waals surface area contributed by atoms with Crippen LogP contribution in [0.2, 0.25) is 0 Å². The third-order valence-corrected chi connectivity index (χ3v) is 3.64. The second kappa shape index (κ2) is 8.26. The van der Waals surface area contributed by atoms with Gasteiger partial charge in [-0.1, -0.05) is 33.6 Å². The average molecular weight is 390 g/mol. The van der Waals surface area contributed by atoms with Crippen LogP contribution in [-0.2, 0) is 4.79 Å². The number of carbonyl (C=O) groups excluding carboxylic acids is 3. The van der Waals surface area contributed by atoms with Crippen molar-refractivity contribution in [3.8, 4) is 0 Å². The maximum Gasteiger partial charge on any atom is 0.269 e. The van der Waals surface area contributed by atoms with Gasteiger partial charge in [-0.3, -0.25) is 25.2 Å². The fraction of sp³-hybridized carbons (Fsp3) is 0.118. The summed E-state index contributed by atoms with van der Waals surface area (Å²) in [5.41, 5.74) is 6.37. The summed E-state index contributed by atoms with van der Waals surface area (Å²) in [5, 5.41) is 2.49. The van der Waals surface area contributed by atoms with E-state index < -0.39 is 11.8 Å². The first-order valence-corrected chi connectivity index (χ1v) is 7.94. The van der Waals surface area contributed by atoms with Gasteiger partial charge in [-0.25, -0.2) is 0 Å². The van der Waals surface area contributed by atoms with Crippen molar-refractivity contribution in [1.29, 1.82) is 0 Å². The number of hydrogen-bond acceptors (Lipinski definition) is 3. The van der Waals surface area contributed by atoms with Gasteiger partial charge in [0.2, 0.25) is 0 Å². The Kier molecular flexibility index (Phi) is 6.08. The van der Waals surface area contributed by atoms with E-state index >= 15 is 0 Å². The molecule has 3 amide bonds. The van der Waals surface area contributed by atoms with Crippen LogP contribution < -0.4 is 16.2 Å². The number of aryl methyl sites for hydroxylation is 1. The van der Waals surface area contributed by atoms with Crippen LogP contribution in [0.25, 0.3) is 0 Å². The zero-order valence-corrected chi connectivity index (χ0v) is 14.5. The summed E-state index contributed by atoms with van der Waals surface area (Å²) in [6.07, 6.45) is 0. The average Bonchev–Trinajstić information content (AvgIpc) is 2.58. The molecule has 6 nitrogen and oxygen atoms in total. The summed E-state index contributed by atoms with van der Waals surface area (Å²) in [4.78, 5) is 35.4. The zero-order valence-electron chi connectivity index (χ0n) is 12.9. The minimum Gasteiger partial charge on any atom is -0.343 e. The van der Waals surface area contributed by atoms with E-state index in [1.165, 1.54) is 0 Å². The van der Waals surface area contributed by atoms with Crippen molar-refractivity contribution >= 4 is 33.7 Å². The smallest absolute Gasteiger partial charge is 0.269 e. The largest absolute Gasteiger partial charge is 0.343 e. The Morgan fingerprint density at radius 3 is 2.29 bits per heavy atom. The molecule has 7 heteroatoms. The van der Waals surface area contributed by atoms with E-state index in [4.69, 9.17) is 0 Å². The number of hydrazine groups is 1. The molecule has 0 heterocycles. The fourth-order valence-electron chi connectivity index (χ4n) is 1.89. The predicted octanol–water partition coefficient (Wildman–Crippen LogP) is 1.95. The summed E-state index contributed by atoms with van der Waals surface area (Å²) in [7, 11) is 0. The third-order valence-electron chi connectivity index (χ3n) is 3.11. The number of benzene rings is 2. The highest BCUT2D eigenvalue weighted by Gasteiger charge is 2.10. The van der Waals surface area contributed by atoms with Gasteiger partial charge < -0.3 is 5.32 Å². The lowest BCUT2D eigenvalue weighted by Gasteiger charge is -2.09. The van der Waals surface area contributed by atoms with Gasteiger partial charge in [-0.05, 0) is 43.3 Å². The van der Waals surface area contributed by atoms with E-state index in [0.29, 0.717) is 11.1 Å². The first-order chi connectivity index (χ1) is 11.5. The Hall–Kier alpha value is -2.67. The molecule has 2 rings (SSSR count). The first kappa shape index (κ1) is 17.7. The highest BCUT2D eigenvalue weighted by molar-refractivity contribution is 9.10. The standard InChI is InChI=1S/C17H16BrN3O3/c1-11-3-2-4-13(9-11)16(23)19-10-15(22)20-21-17(24)12-5-7-14(18)8-6-12/h2-9H,10H2,1H3,(H,19,23)(H,20,22)(H,21,24). The summed E-state index contributed by atoms with van der Waals surface area (Å²) < 4.78 is 0.849. The first-order valence-electron chi connectivity index (χ1n) is 7.15. The molecule has 24 heavy (non-hydrogen) atoms. The Bertz CT molecular complexity index is 760. The Balaban J connectivity index is 1.78. The maximum absolute atomic E-state index is 11.9. The molecule has 0 saturated carbocycles. The van der Waals surface area contributed by atoms with Crippen LogP contribution in [0.15, 0.2) is 53.0 Å². The van der Waals surface area contributed by atoms with Crippen LogP contribution in [0.5, 0.6) is 0 Å². The molecule has 0 aliphatic heterocycles. The van der Waals surface area contributed by atoms with Gasteiger partial charge in [0.15, 0.2) is 0 Å². The molecule has 0 unspecified atom stereocenters. The van der Waals surface area contributed by atoms with Crippen molar-refractivity contribution in [3.05, 3.63) is 69.7 Å². The molecule has 0 fully saturated rings. The monoisotopic (exact) mass is 389 g/mol. The molecule has 0 atom stereocenters. The molecular formula is C17H16BrN3O3. The quantitative estimate of drug-likeness (QED) is 0.698. The molecule has 3 N–H and O–H groups in total. The van der Waals surface area contributed by atoms with Crippen LogP contribution in [0, 0.1) is 6.92 Å². The molecule has 0 radical (unpaired) electrons. The molecule has 0 saturated heterocycles. The van der Waals surface area contributed by atoms with E-state index in [9.17, 15) is 14.4 Å². The SMILES string of the molecule is Cc1cccc(C(=O)NCC(=O)NNC(=O)c2ccc(Br)cc2)c1. The molecule has 2 aromatic rings. The van der Waals surface area contributed by atoms with Crippen molar-refractivity contribution in [2.45, 2.75) is 6.92 Å². The predicted molar refractivity (Wildman–Crippen MR) is 93.3 cm³/mol. The number of nitrogens with one attached hydrogen (secondary N) is 3. The number of rotatable bonds is 4.